The van der Waals surface area contributed by atoms with Crippen molar-refractivity contribution < 1.29 is 9.53 Å². The number of rotatable bonds is 4. The van der Waals surface area contributed by atoms with Crippen LogP contribution in [0, 0.1) is 0 Å². The van der Waals surface area contributed by atoms with Gasteiger partial charge in [-0.05, 0) is 54.4 Å². The van der Waals surface area contributed by atoms with Crippen LogP contribution in [-0.2, 0) is 4.74 Å². The molecule has 0 radical (unpaired) electrons. The highest BCUT2D eigenvalue weighted by Gasteiger charge is 2.13. The zero-order chi connectivity index (χ0) is 16.9. The van der Waals surface area contributed by atoms with Crippen LogP contribution in [0.4, 0.5) is 17.1 Å². The zero-order valence-electron chi connectivity index (χ0n) is 13.2. The Kier molecular flexibility index (Phi) is 5.50. The van der Waals surface area contributed by atoms with Crippen molar-refractivity contribution in [3.63, 3.8) is 0 Å². The van der Waals surface area contributed by atoms with E-state index in [1.54, 1.807) is 37.2 Å². The largest absolute Gasteiger partial charge is 0.387 e. The van der Waals surface area contributed by atoms with Gasteiger partial charge in [0.1, 0.15) is 6.73 Å². The highest BCUT2D eigenvalue weighted by Crippen LogP contribution is 2.27. The molecular weight excluding hydrogens is 346 g/mol. The Morgan fingerprint density at radius 1 is 1.25 bits per heavy atom. The van der Waals surface area contributed by atoms with Crippen molar-refractivity contribution in [3.05, 3.63) is 53.1 Å². The summed E-state index contributed by atoms with van der Waals surface area (Å²) in [6.07, 6.45) is 0. The van der Waals surface area contributed by atoms with Crippen LogP contribution in [0.5, 0.6) is 0 Å². The van der Waals surface area contributed by atoms with Gasteiger partial charge >= 0.3 is 0 Å². The second-order valence-electron chi connectivity index (χ2n) is 5.19. The molecule has 0 aliphatic carbocycles. The Labute approximate surface area is 150 Å². The standard InChI is InChI=1S/C17H18ClN3O2S/c1-19-16-10-13(4-7-15(16)18)20-17(22)12-2-5-14(6-3-12)21-11-23-8-9-24-21/h2-7,10,19H,8-9,11H2,1H3,(H,20,22). The van der Waals surface area contributed by atoms with Gasteiger partial charge in [0.25, 0.3) is 5.91 Å². The maximum absolute atomic E-state index is 12.4. The van der Waals surface area contributed by atoms with Gasteiger partial charge in [-0.25, -0.2) is 0 Å². The summed E-state index contributed by atoms with van der Waals surface area (Å²) in [6.45, 7) is 1.34. The normalized spacial score (nSPS) is 14.3. The Morgan fingerprint density at radius 2 is 2.04 bits per heavy atom. The van der Waals surface area contributed by atoms with E-state index in [0.717, 1.165) is 23.7 Å². The summed E-state index contributed by atoms with van der Waals surface area (Å²) in [7, 11) is 1.79. The summed E-state index contributed by atoms with van der Waals surface area (Å²) in [5, 5.41) is 6.48. The van der Waals surface area contributed by atoms with E-state index in [2.05, 4.69) is 14.9 Å². The molecule has 0 spiro atoms. The quantitative estimate of drug-likeness (QED) is 0.802. The van der Waals surface area contributed by atoms with Crippen LogP contribution in [0.3, 0.4) is 0 Å². The smallest absolute Gasteiger partial charge is 0.255 e. The molecule has 3 rings (SSSR count). The number of hydrogen-bond donors (Lipinski definition) is 2. The molecule has 0 unspecified atom stereocenters. The summed E-state index contributed by atoms with van der Waals surface area (Å²) in [4.78, 5) is 12.4. The molecule has 1 aliphatic rings. The predicted molar refractivity (Wildman–Crippen MR) is 101 cm³/mol. The average Bonchev–Trinajstić information content (AvgIpc) is 2.64. The SMILES string of the molecule is CNc1cc(NC(=O)c2ccc(N3COCCS3)cc2)ccc1Cl. The fourth-order valence-corrected chi connectivity index (χ4v) is 3.36. The number of amides is 1. The molecule has 24 heavy (non-hydrogen) atoms. The number of anilines is 3. The van der Waals surface area contributed by atoms with E-state index >= 15 is 0 Å². The predicted octanol–water partition coefficient (Wildman–Crippen LogP) is 4.08. The molecule has 0 bridgehead atoms. The van der Waals surface area contributed by atoms with E-state index in [-0.39, 0.29) is 5.91 Å². The van der Waals surface area contributed by atoms with Gasteiger partial charge in [-0.1, -0.05) is 11.6 Å². The van der Waals surface area contributed by atoms with Gasteiger partial charge < -0.3 is 15.4 Å². The van der Waals surface area contributed by atoms with Crippen LogP contribution < -0.4 is 14.9 Å². The maximum atomic E-state index is 12.4. The Morgan fingerprint density at radius 3 is 2.71 bits per heavy atom. The number of nitrogens with zero attached hydrogens (tertiary/aromatic N) is 1. The van der Waals surface area contributed by atoms with Gasteiger partial charge in [-0.2, -0.15) is 0 Å². The molecule has 2 N–H and O–H groups in total. The van der Waals surface area contributed by atoms with Crippen molar-refractivity contribution >= 4 is 46.5 Å². The second kappa shape index (κ2) is 7.79. The van der Waals surface area contributed by atoms with Crippen molar-refractivity contribution in [1.82, 2.24) is 0 Å². The molecule has 126 valence electrons. The third-order valence-corrected chi connectivity index (χ3v) is 4.90. The number of carbonyl (C=O) groups is 1. The van der Waals surface area contributed by atoms with E-state index in [4.69, 9.17) is 16.3 Å². The van der Waals surface area contributed by atoms with Crippen LogP contribution >= 0.6 is 23.5 Å². The summed E-state index contributed by atoms with van der Waals surface area (Å²) in [5.74, 6) is 0.778. The lowest BCUT2D eigenvalue weighted by atomic mass is 10.2. The molecule has 0 aromatic heterocycles. The molecule has 1 heterocycles. The minimum absolute atomic E-state index is 0.159. The zero-order valence-corrected chi connectivity index (χ0v) is 14.8. The van der Waals surface area contributed by atoms with Gasteiger partial charge in [-0.15, -0.1) is 0 Å². The van der Waals surface area contributed by atoms with Gasteiger partial charge in [0, 0.05) is 29.7 Å². The van der Waals surface area contributed by atoms with Crippen LogP contribution in [0.15, 0.2) is 42.5 Å². The van der Waals surface area contributed by atoms with Crippen LogP contribution in [0.25, 0.3) is 0 Å². The lowest BCUT2D eigenvalue weighted by Gasteiger charge is -2.27. The molecule has 1 amide bonds. The number of hydrogen-bond acceptors (Lipinski definition) is 5. The van der Waals surface area contributed by atoms with Crippen molar-refractivity contribution in [3.8, 4) is 0 Å². The van der Waals surface area contributed by atoms with Gasteiger partial charge in [0.05, 0.1) is 17.3 Å². The van der Waals surface area contributed by atoms with E-state index in [1.165, 1.54) is 0 Å². The maximum Gasteiger partial charge on any atom is 0.255 e. The fourth-order valence-electron chi connectivity index (χ4n) is 2.32. The molecule has 0 saturated carbocycles. The molecule has 1 fully saturated rings. The number of halogens is 1. The summed E-state index contributed by atoms with van der Waals surface area (Å²) < 4.78 is 7.51. The second-order valence-corrected chi connectivity index (χ2v) is 6.71. The lowest BCUT2D eigenvalue weighted by molar-refractivity contribution is 0.102. The van der Waals surface area contributed by atoms with E-state index < -0.39 is 0 Å². The Bertz CT molecular complexity index is 718. The molecule has 0 atom stereocenters. The molecule has 1 aliphatic heterocycles. The Hall–Kier alpha value is -1.89. The van der Waals surface area contributed by atoms with Crippen molar-refractivity contribution in [2.45, 2.75) is 0 Å². The number of benzene rings is 2. The van der Waals surface area contributed by atoms with Gasteiger partial charge in [-0.3, -0.25) is 9.10 Å². The van der Waals surface area contributed by atoms with Gasteiger partial charge in [0.2, 0.25) is 0 Å². The number of carbonyl (C=O) groups excluding carboxylic acids is 1. The van der Waals surface area contributed by atoms with Crippen molar-refractivity contribution in [2.24, 2.45) is 0 Å². The van der Waals surface area contributed by atoms with Gasteiger partial charge in [0.15, 0.2) is 0 Å². The van der Waals surface area contributed by atoms with E-state index in [1.807, 2.05) is 24.3 Å². The first-order chi connectivity index (χ1) is 11.7. The molecule has 2 aromatic rings. The van der Waals surface area contributed by atoms with Crippen LogP contribution in [0.2, 0.25) is 5.02 Å². The average molecular weight is 364 g/mol. The third kappa shape index (κ3) is 3.95. The number of ether oxygens (including phenoxy) is 1. The summed E-state index contributed by atoms with van der Waals surface area (Å²) in [5.41, 5.74) is 3.09. The fraction of sp³-hybridized carbons (Fsp3) is 0.235. The monoisotopic (exact) mass is 363 g/mol. The van der Waals surface area contributed by atoms with Crippen LogP contribution in [-0.4, -0.2) is 32.0 Å². The van der Waals surface area contributed by atoms with E-state index in [0.29, 0.717) is 23.0 Å². The minimum atomic E-state index is -0.159. The molecule has 1 saturated heterocycles. The first-order valence-electron chi connectivity index (χ1n) is 7.54. The van der Waals surface area contributed by atoms with E-state index in [9.17, 15) is 4.79 Å². The molecule has 7 heteroatoms. The van der Waals surface area contributed by atoms with Crippen molar-refractivity contribution in [1.29, 1.82) is 0 Å². The lowest BCUT2D eigenvalue weighted by Crippen LogP contribution is -2.25. The third-order valence-electron chi connectivity index (χ3n) is 3.59. The highest BCUT2D eigenvalue weighted by molar-refractivity contribution is 8.00. The Balaban J connectivity index is 1.68. The minimum Gasteiger partial charge on any atom is -0.387 e. The summed E-state index contributed by atoms with van der Waals surface area (Å²) in [6, 6.07) is 12.8. The molecule has 2 aromatic carbocycles. The first kappa shape index (κ1) is 17.0. The highest BCUT2D eigenvalue weighted by atomic mass is 35.5. The van der Waals surface area contributed by atoms with Crippen LogP contribution in [0.1, 0.15) is 10.4 Å². The number of nitrogens with one attached hydrogen (secondary N) is 2. The molecule has 5 nitrogen and oxygen atoms in total. The first-order valence-corrected chi connectivity index (χ1v) is 8.86. The van der Waals surface area contributed by atoms with Crippen molar-refractivity contribution in [2.75, 3.05) is 41.1 Å². The summed E-state index contributed by atoms with van der Waals surface area (Å²) >= 11 is 7.78. The molecular formula is C17H18ClN3O2S. The topological polar surface area (TPSA) is 53.6 Å².